The molecule has 0 radical (unpaired) electrons. The number of hydrogen-bond donors (Lipinski definition) is 1. The van der Waals surface area contributed by atoms with Gasteiger partial charge < -0.3 is 10.5 Å². The van der Waals surface area contributed by atoms with E-state index in [2.05, 4.69) is 9.72 Å². The highest BCUT2D eigenvalue weighted by Gasteiger charge is 2.20. The Labute approximate surface area is 89.4 Å². The number of hydrogen-bond acceptors (Lipinski definition) is 5. The van der Waals surface area contributed by atoms with Crippen molar-refractivity contribution in [3.63, 3.8) is 0 Å². The maximum absolute atomic E-state index is 12.4. The van der Waals surface area contributed by atoms with E-state index in [1.54, 1.807) is 0 Å². The number of carbonyl (C=O) groups is 1. The van der Waals surface area contributed by atoms with E-state index in [9.17, 15) is 13.6 Å². The molecule has 7 heteroatoms. The highest BCUT2D eigenvalue weighted by atomic mass is 19.3. The molecule has 1 aromatic heterocycles. The number of alkyl halides is 2. The van der Waals surface area contributed by atoms with Crippen molar-refractivity contribution in [2.75, 3.05) is 12.8 Å². The second-order valence-corrected chi connectivity index (χ2v) is 2.76. The summed E-state index contributed by atoms with van der Waals surface area (Å²) in [5, 5.41) is 8.65. The number of methoxy groups -OCH3 is 1. The largest absolute Gasteiger partial charge is 0.465 e. The number of carbonyl (C=O) groups excluding carboxylic acids is 1. The Morgan fingerprint density at radius 1 is 1.69 bits per heavy atom. The summed E-state index contributed by atoms with van der Waals surface area (Å²) in [6.45, 7) is 0. The molecule has 16 heavy (non-hydrogen) atoms. The highest BCUT2D eigenvalue weighted by Crippen LogP contribution is 2.25. The fourth-order valence-corrected chi connectivity index (χ4v) is 1.07. The molecule has 1 heterocycles. The topological polar surface area (TPSA) is 89.0 Å². The second-order valence-electron chi connectivity index (χ2n) is 2.76. The van der Waals surface area contributed by atoms with Gasteiger partial charge in [-0.3, -0.25) is 0 Å². The van der Waals surface area contributed by atoms with Crippen LogP contribution in [0.5, 0.6) is 0 Å². The monoisotopic (exact) mass is 227 g/mol. The molecule has 84 valence electrons. The van der Waals surface area contributed by atoms with Gasteiger partial charge in [0.2, 0.25) is 0 Å². The van der Waals surface area contributed by atoms with Crippen molar-refractivity contribution in [3.05, 3.63) is 23.0 Å². The molecule has 1 rings (SSSR count). The van der Waals surface area contributed by atoms with Gasteiger partial charge in [0.25, 0.3) is 6.43 Å². The van der Waals surface area contributed by atoms with Crippen LogP contribution >= 0.6 is 0 Å². The third-order valence-corrected chi connectivity index (χ3v) is 1.80. The van der Waals surface area contributed by atoms with E-state index in [0.717, 1.165) is 13.2 Å². The fourth-order valence-electron chi connectivity index (χ4n) is 1.07. The van der Waals surface area contributed by atoms with Gasteiger partial charge in [-0.2, -0.15) is 5.26 Å². The standard InChI is InChI=1S/C9H7F2N3O2/c1-16-9(15)4-2-5(13)7(8(10)11)14-6(4)3-12/h2,8H,13H2,1H3. The van der Waals surface area contributed by atoms with Crippen LogP contribution in [0.2, 0.25) is 0 Å². The zero-order valence-corrected chi connectivity index (χ0v) is 8.20. The predicted octanol–water partition coefficient (Wildman–Crippen LogP) is 1.26. The fraction of sp³-hybridized carbons (Fsp3) is 0.222. The van der Waals surface area contributed by atoms with Crippen LogP contribution in [0.1, 0.15) is 28.2 Å². The molecule has 0 atom stereocenters. The minimum atomic E-state index is -2.90. The SMILES string of the molecule is COC(=O)c1cc(N)c(C(F)F)nc1C#N. The molecule has 0 aromatic carbocycles. The number of ether oxygens (including phenoxy) is 1. The molecule has 0 aliphatic heterocycles. The molecule has 2 N–H and O–H groups in total. The minimum Gasteiger partial charge on any atom is -0.465 e. The molecule has 0 aliphatic carbocycles. The molecular formula is C9H7F2N3O2. The maximum Gasteiger partial charge on any atom is 0.340 e. The van der Waals surface area contributed by atoms with Crippen LogP contribution in [0, 0.1) is 11.3 Å². The van der Waals surface area contributed by atoms with Gasteiger partial charge in [-0.05, 0) is 6.07 Å². The van der Waals surface area contributed by atoms with Crippen molar-refractivity contribution in [1.29, 1.82) is 5.26 Å². The van der Waals surface area contributed by atoms with Crippen LogP contribution in [0.4, 0.5) is 14.5 Å². The van der Waals surface area contributed by atoms with E-state index in [1.807, 2.05) is 0 Å². The Hall–Kier alpha value is -2.23. The van der Waals surface area contributed by atoms with E-state index in [0.29, 0.717) is 0 Å². The summed E-state index contributed by atoms with van der Waals surface area (Å²) in [7, 11) is 1.10. The van der Waals surface area contributed by atoms with E-state index in [1.165, 1.54) is 6.07 Å². The Balaban J connectivity index is 3.39. The Morgan fingerprint density at radius 3 is 2.75 bits per heavy atom. The van der Waals surface area contributed by atoms with Crippen molar-refractivity contribution in [3.8, 4) is 6.07 Å². The maximum atomic E-state index is 12.4. The molecule has 0 aliphatic rings. The van der Waals surface area contributed by atoms with Crippen LogP contribution in [-0.4, -0.2) is 18.1 Å². The number of aromatic nitrogens is 1. The molecule has 5 nitrogen and oxygen atoms in total. The molecule has 0 fully saturated rings. The number of nitrogens with two attached hydrogens (primary N) is 1. The molecule has 0 spiro atoms. The van der Waals surface area contributed by atoms with Crippen LogP contribution in [0.15, 0.2) is 6.07 Å². The summed E-state index contributed by atoms with van der Waals surface area (Å²) in [5.41, 5.74) is 3.54. The van der Waals surface area contributed by atoms with E-state index >= 15 is 0 Å². The first-order chi connectivity index (χ1) is 7.51. The van der Waals surface area contributed by atoms with E-state index < -0.39 is 23.8 Å². The number of nitrogen functional groups attached to an aromatic ring is 1. The molecule has 0 unspecified atom stereocenters. The third kappa shape index (κ3) is 2.06. The lowest BCUT2D eigenvalue weighted by atomic mass is 10.1. The number of nitrogens with zero attached hydrogens (tertiary/aromatic N) is 2. The predicted molar refractivity (Wildman–Crippen MR) is 49.7 cm³/mol. The second kappa shape index (κ2) is 4.53. The molecular weight excluding hydrogens is 220 g/mol. The van der Waals surface area contributed by atoms with Crippen molar-refractivity contribution in [1.82, 2.24) is 4.98 Å². The number of nitriles is 1. The number of halogens is 2. The third-order valence-electron chi connectivity index (χ3n) is 1.80. The van der Waals surface area contributed by atoms with Crippen molar-refractivity contribution >= 4 is 11.7 Å². The lowest BCUT2D eigenvalue weighted by Gasteiger charge is -2.07. The van der Waals surface area contributed by atoms with E-state index in [4.69, 9.17) is 11.0 Å². The van der Waals surface area contributed by atoms with Crippen LogP contribution < -0.4 is 5.73 Å². The first-order valence-electron chi connectivity index (χ1n) is 4.08. The normalized spacial score (nSPS) is 9.94. The molecule has 0 amide bonds. The highest BCUT2D eigenvalue weighted by molar-refractivity contribution is 5.92. The van der Waals surface area contributed by atoms with Gasteiger partial charge in [0.1, 0.15) is 11.8 Å². The molecule has 0 saturated carbocycles. The van der Waals surface area contributed by atoms with Gasteiger partial charge in [0, 0.05) is 0 Å². The Bertz CT molecular complexity index is 469. The number of pyridine rings is 1. The summed E-state index contributed by atoms with van der Waals surface area (Å²) in [5.74, 6) is -0.850. The van der Waals surface area contributed by atoms with Crippen LogP contribution in [-0.2, 0) is 4.74 Å². The molecule has 0 bridgehead atoms. The Kier molecular flexibility index (Phi) is 3.35. The van der Waals surface area contributed by atoms with Crippen LogP contribution in [0.3, 0.4) is 0 Å². The summed E-state index contributed by atoms with van der Waals surface area (Å²) >= 11 is 0. The van der Waals surface area contributed by atoms with Gasteiger partial charge in [-0.1, -0.05) is 0 Å². The number of esters is 1. The lowest BCUT2D eigenvalue weighted by Crippen LogP contribution is -2.10. The van der Waals surface area contributed by atoms with Crippen LogP contribution in [0.25, 0.3) is 0 Å². The number of rotatable bonds is 2. The lowest BCUT2D eigenvalue weighted by molar-refractivity contribution is 0.0599. The zero-order valence-electron chi connectivity index (χ0n) is 8.20. The molecule has 1 aromatic rings. The van der Waals surface area contributed by atoms with Crippen molar-refractivity contribution < 1.29 is 18.3 Å². The zero-order chi connectivity index (χ0) is 12.3. The molecule has 0 saturated heterocycles. The first kappa shape index (κ1) is 11.8. The Morgan fingerprint density at radius 2 is 2.31 bits per heavy atom. The smallest absolute Gasteiger partial charge is 0.340 e. The minimum absolute atomic E-state index is 0.230. The summed E-state index contributed by atoms with van der Waals surface area (Å²) in [6.07, 6.45) is -2.90. The first-order valence-corrected chi connectivity index (χ1v) is 4.08. The summed E-state index contributed by atoms with van der Waals surface area (Å²) < 4.78 is 29.1. The van der Waals surface area contributed by atoms with Crippen molar-refractivity contribution in [2.45, 2.75) is 6.43 Å². The summed E-state index contributed by atoms with van der Waals surface area (Å²) in [6, 6.07) is 2.49. The average Bonchev–Trinajstić information content (AvgIpc) is 2.27. The van der Waals surface area contributed by atoms with Crippen molar-refractivity contribution in [2.24, 2.45) is 0 Å². The van der Waals surface area contributed by atoms with Gasteiger partial charge in [0.05, 0.1) is 18.4 Å². The van der Waals surface area contributed by atoms with Gasteiger partial charge in [-0.15, -0.1) is 0 Å². The average molecular weight is 227 g/mol. The summed E-state index contributed by atoms with van der Waals surface area (Å²) in [4.78, 5) is 14.5. The number of anilines is 1. The quantitative estimate of drug-likeness (QED) is 0.768. The van der Waals surface area contributed by atoms with Gasteiger partial charge >= 0.3 is 5.97 Å². The van der Waals surface area contributed by atoms with E-state index in [-0.39, 0.29) is 11.3 Å². The van der Waals surface area contributed by atoms with Gasteiger partial charge in [0.15, 0.2) is 5.69 Å². The van der Waals surface area contributed by atoms with Gasteiger partial charge in [-0.25, -0.2) is 18.6 Å².